The predicted octanol–water partition coefficient (Wildman–Crippen LogP) is 12.3. The van der Waals surface area contributed by atoms with Gasteiger partial charge in [-0.3, -0.25) is 0 Å². The molecule has 3 aliphatic rings. The van der Waals surface area contributed by atoms with Gasteiger partial charge < -0.3 is 0 Å². The first-order chi connectivity index (χ1) is 27.2. The third kappa shape index (κ3) is 3.99. The molecule has 0 saturated carbocycles. The van der Waals surface area contributed by atoms with Gasteiger partial charge in [-0.05, 0) is 128 Å². The van der Waals surface area contributed by atoms with E-state index in [1.165, 1.54) is 109 Å². The molecule has 2 aliphatic carbocycles. The Hall–Kier alpha value is -6.02. The molecule has 11 rings (SSSR count). The summed E-state index contributed by atoms with van der Waals surface area (Å²) in [7, 11) is -2.79. The largest absolute Gasteiger partial charge is 0.180 e. The van der Waals surface area contributed by atoms with E-state index in [4.69, 9.17) is 0 Å². The summed E-state index contributed by atoms with van der Waals surface area (Å²) in [4.78, 5) is 0. The van der Waals surface area contributed by atoms with Crippen molar-refractivity contribution in [1.82, 2.24) is 0 Å². The van der Waals surface area contributed by atoms with Crippen LogP contribution in [0.15, 0.2) is 164 Å². The predicted molar refractivity (Wildman–Crippen MR) is 243 cm³/mol. The molecule has 0 aromatic heterocycles. The van der Waals surface area contributed by atoms with Gasteiger partial charge in [0.1, 0.15) is 0 Å². The first-order valence-electron chi connectivity index (χ1n) is 20.1. The number of fused-ring (bicyclic) bond motifs is 11. The maximum Gasteiger partial charge on any atom is 0.180 e. The lowest BCUT2D eigenvalue weighted by Gasteiger charge is -2.43. The van der Waals surface area contributed by atoms with Crippen LogP contribution in [0, 0.1) is 0 Å². The lowest BCUT2D eigenvalue weighted by molar-refractivity contribution is 0.630. The van der Waals surface area contributed by atoms with E-state index in [0.717, 1.165) is 0 Å². The van der Waals surface area contributed by atoms with Crippen LogP contribution < -0.4 is 15.6 Å². The number of hydrogen-bond donors (Lipinski definition) is 0. The van der Waals surface area contributed by atoms with Crippen molar-refractivity contribution in [1.29, 1.82) is 0 Å². The summed E-state index contributed by atoms with van der Waals surface area (Å²) in [5.74, 6) is 0. The molecule has 0 N–H and O–H groups in total. The Morgan fingerprint density at radius 2 is 1.00 bits per heavy atom. The van der Waals surface area contributed by atoms with Crippen LogP contribution in [0.2, 0.25) is 0 Å². The van der Waals surface area contributed by atoms with Gasteiger partial charge in [-0.2, -0.15) is 0 Å². The van der Waals surface area contributed by atoms with Crippen molar-refractivity contribution >= 4 is 56.5 Å². The van der Waals surface area contributed by atoms with Gasteiger partial charge in [0.2, 0.25) is 0 Å². The molecule has 268 valence electrons. The smallest absolute Gasteiger partial charge is 0.0984 e. The second-order valence-corrected chi connectivity index (χ2v) is 20.8. The van der Waals surface area contributed by atoms with Crippen molar-refractivity contribution in [3.63, 3.8) is 0 Å². The average molecular weight is 733 g/mol. The number of rotatable bonds is 3. The summed E-state index contributed by atoms with van der Waals surface area (Å²) in [5, 5.41) is 11.0. The molecule has 1 heterocycles. The van der Waals surface area contributed by atoms with Crippen molar-refractivity contribution in [2.45, 2.75) is 45.4 Å². The molecule has 0 unspecified atom stereocenters. The fourth-order valence-corrected chi connectivity index (χ4v) is 16.7. The minimum absolute atomic E-state index is 0.117. The lowest BCUT2D eigenvalue weighted by Crippen LogP contribution is -2.69. The Morgan fingerprint density at radius 3 is 1.61 bits per heavy atom. The van der Waals surface area contributed by atoms with E-state index in [1.807, 2.05) is 0 Å². The highest BCUT2D eigenvalue weighted by atomic mass is 28.3. The molecule has 8 aromatic carbocycles. The number of benzene rings is 8. The van der Waals surface area contributed by atoms with Gasteiger partial charge in [0.05, 0.1) is 0 Å². The van der Waals surface area contributed by atoms with E-state index in [9.17, 15) is 0 Å². The maximum absolute atomic E-state index is 4.66. The zero-order valence-corrected chi connectivity index (χ0v) is 33.8. The molecule has 0 amide bonds. The van der Waals surface area contributed by atoms with E-state index in [1.54, 1.807) is 0 Å². The van der Waals surface area contributed by atoms with Crippen LogP contribution in [-0.4, -0.2) is 8.07 Å². The van der Waals surface area contributed by atoms with Crippen LogP contribution in [0.3, 0.4) is 0 Å². The summed E-state index contributed by atoms with van der Waals surface area (Å²) >= 11 is 0. The lowest BCUT2D eigenvalue weighted by atomic mass is 9.65. The van der Waals surface area contributed by atoms with E-state index < -0.39 is 8.07 Å². The zero-order valence-electron chi connectivity index (χ0n) is 32.8. The Kier molecular flexibility index (Phi) is 6.85. The van der Waals surface area contributed by atoms with Gasteiger partial charge in [-0.25, -0.2) is 0 Å². The topological polar surface area (TPSA) is 0 Å². The molecule has 0 fully saturated rings. The molecular weight excluding hydrogens is 689 g/mol. The fourth-order valence-electron chi connectivity index (χ4n) is 11.4. The highest BCUT2D eigenvalue weighted by molar-refractivity contribution is 7.24. The maximum atomic E-state index is 4.66. The summed E-state index contributed by atoms with van der Waals surface area (Å²) in [6.45, 7) is 16.6. The first kappa shape index (κ1) is 33.3. The molecule has 56 heavy (non-hydrogen) atoms. The first-order valence-corrected chi connectivity index (χ1v) is 22.1. The molecule has 0 saturated heterocycles. The van der Waals surface area contributed by atoms with Gasteiger partial charge >= 0.3 is 0 Å². The molecule has 0 nitrogen and oxygen atoms in total. The second-order valence-electron chi connectivity index (χ2n) is 17.1. The zero-order chi connectivity index (χ0) is 38.1. The molecule has 1 heteroatoms. The van der Waals surface area contributed by atoms with Crippen molar-refractivity contribution < 1.29 is 0 Å². The van der Waals surface area contributed by atoms with Crippen molar-refractivity contribution in [2.75, 3.05) is 0 Å². The van der Waals surface area contributed by atoms with Gasteiger partial charge in [-0.15, -0.1) is 0 Å². The van der Waals surface area contributed by atoms with Crippen LogP contribution in [0.5, 0.6) is 0 Å². The van der Waals surface area contributed by atoms with Crippen LogP contribution in [0.25, 0.3) is 66.2 Å². The average Bonchev–Trinajstić information content (AvgIpc) is 3.47. The normalized spacial score (nSPS) is 16.8. The van der Waals surface area contributed by atoms with Crippen LogP contribution >= 0.6 is 0 Å². The van der Waals surface area contributed by atoms with Crippen molar-refractivity contribution in [3.05, 3.63) is 198 Å². The minimum atomic E-state index is -2.79. The summed E-state index contributed by atoms with van der Waals surface area (Å²) in [5.41, 5.74) is 16.0. The third-order valence-electron chi connectivity index (χ3n) is 13.9. The highest BCUT2D eigenvalue weighted by Gasteiger charge is 2.49. The van der Waals surface area contributed by atoms with Gasteiger partial charge in [0.15, 0.2) is 8.07 Å². The molecule has 0 spiro atoms. The van der Waals surface area contributed by atoms with E-state index in [2.05, 4.69) is 205 Å². The summed E-state index contributed by atoms with van der Waals surface area (Å²) in [6, 6.07) is 58.0. The highest BCUT2D eigenvalue weighted by Crippen LogP contribution is 2.59. The van der Waals surface area contributed by atoms with Crippen LogP contribution in [0.1, 0.15) is 68.0 Å². The Bertz CT molecular complexity index is 2990. The summed E-state index contributed by atoms with van der Waals surface area (Å²) < 4.78 is 0. The molecule has 0 radical (unpaired) electrons. The van der Waals surface area contributed by atoms with Crippen LogP contribution in [0.4, 0.5) is 0 Å². The molecule has 8 aromatic rings. The van der Waals surface area contributed by atoms with E-state index in [0.29, 0.717) is 0 Å². The molecule has 1 aliphatic heterocycles. The van der Waals surface area contributed by atoms with Gasteiger partial charge in [-0.1, -0.05) is 186 Å². The Labute approximate surface area is 331 Å². The Morgan fingerprint density at radius 1 is 0.464 bits per heavy atom. The Balaban J connectivity index is 1.38. The second kappa shape index (κ2) is 11.5. The molecular formula is C55H44Si. The monoisotopic (exact) mass is 732 g/mol. The van der Waals surface area contributed by atoms with Gasteiger partial charge in [0.25, 0.3) is 0 Å². The van der Waals surface area contributed by atoms with E-state index in [-0.39, 0.29) is 10.8 Å². The minimum Gasteiger partial charge on any atom is -0.0984 e. The molecule has 0 bridgehead atoms. The van der Waals surface area contributed by atoms with Crippen molar-refractivity contribution in [3.8, 4) is 33.4 Å². The SMILES string of the molecule is C=Cc1c2c(cc3c4c5c(cc6c(c5cc13)-c1ccccc1C6(C)C)C(C)(C)c1ccccc1-4)-c1ccccc1[Si](c1ccccc1)(c1ccccc1)/C2=C/C. The molecule has 0 atom stereocenters. The fraction of sp³-hybridized carbons (Fsp3) is 0.127. The standard InChI is InChI=1S/C55H44Si/c1-7-36-40-31-43-50-38-26-15-18-28-44(38)54(3,4)46(50)33-47-53(43)52(39-27-16-19-29-45(39)55(47,5)6)42(40)32-41-37-25-17-20-30-49(37)56(48(8-2)51(36)41,34-21-11-9-12-22-34)35-23-13-10-14-24-35/h7-33H,1H2,2-6H3/b48-8+. The summed E-state index contributed by atoms with van der Waals surface area (Å²) in [6.07, 6.45) is 4.62. The van der Waals surface area contributed by atoms with E-state index >= 15 is 0 Å². The number of hydrogen-bond acceptors (Lipinski definition) is 0. The quantitative estimate of drug-likeness (QED) is 0.125. The van der Waals surface area contributed by atoms with Crippen LogP contribution in [-0.2, 0) is 10.8 Å². The van der Waals surface area contributed by atoms with Gasteiger partial charge in [0, 0.05) is 10.8 Å². The van der Waals surface area contributed by atoms with Crippen molar-refractivity contribution in [2.24, 2.45) is 0 Å². The number of allylic oxidation sites excluding steroid dienone is 1. The third-order valence-corrected chi connectivity index (χ3v) is 18.9.